The SMILES string of the molecule is CC1(C)CCCN(C2CCCC(C)(C)C2N)CC1. The first-order valence-electron chi connectivity index (χ1n) is 7.81. The molecule has 1 aliphatic carbocycles. The molecule has 0 aromatic rings. The van der Waals surface area contributed by atoms with E-state index in [2.05, 4.69) is 32.6 Å². The molecule has 0 amide bonds. The minimum atomic E-state index is 0.324. The fraction of sp³-hybridized carbons (Fsp3) is 1.00. The number of nitrogens with two attached hydrogens (primary N) is 1. The van der Waals surface area contributed by atoms with Gasteiger partial charge in [0.15, 0.2) is 0 Å². The van der Waals surface area contributed by atoms with Crippen molar-refractivity contribution in [1.29, 1.82) is 0 Å². The van der Waals surface area contributed by atoms with Gasteiger partial charge in [-0.15, -0.1) is 0 Å². The Balaban J connectivity index is 2.02. The Bertz CT molecular complexity index is 283. The lowest BCUT2D eigenvalue weighted by Crippen LogP contribution is -2.57. The highest BCUT2D eigenvalue weighted by molar-refractivity contribution is 4.97. The van der Waals surface area contributed by atoms with Crippen molar-refractivity contribution in [3.8, 4) is 0 Å². The lowest BCUT2D eigenvalue weighted by atomic mass is 9.70. The zero-order valence-corrected chi connectivity index (χ0v) is 12.8. The number of rotatable bonds is 1. The van der Waals surface area contributed by atoms with Crippen LogP contribution in [0.15, 0.2) is 0 Å². The molecule has 0 aromatic heterocycles. The van der Waals surface area contributed by atoms with E-state index in [4.69, 9.17) is 5.73 Å². The van der Waals surface area contributed by atoms with E-state index in [1.165, 1.54) is 51.6 Å². The maximum absolute atomic E-state index is 6.56. The molecule has 2 heteroatoms. The standard InChI is InChI=1S/C16H32N2/c1-15(2)8-6-11-18(12-10-15)13-7-5-9-16(3,4)14(13)17/h13-14H,5-12,17H2,1-4H3. The zero-order valence-electron chi connectivity index (χ0n) is 12.8. The smallest absolute Gasteiger partial charge is 0.0252 e. The van der Waals surface area contributed by atoms with Crippen LogP contribution in [0.4, 0.5) is 0 Å². The quantitative estimate of drug-likeness (QED) is 0.775. The van der Waals surface area contributed by atoms with Gasteiger partial charge in [0.25, 0.3) is 0 Å². The zero-order chi connectivity index (χ0) is 13.4. The van der Waals surface area contributed by atoms with Crippen molar-refractivity contribution in [2.45, 2.75) is 78.3 Å². The lowest BCUT2D eigenvalue weighted by molar-refractivity contribution is 0.0682. The Morgan fingerprint density at radius 1 is 0.944 bits per heavy atom. The van der Waals surface area contributed by atoms with Crippen LogP contribution in [0.5, 0.6) is 0 Å². The van der Waals surface area contributed by atoms with Gasteiger partial charge in [-0.1, -0.05) is 34.1 Å². The summed E-state index contributed by atoms with van der Waals surface area (Å²) in [4.78, 5) is 2.71. The van der Waals surface area contributed by atoms with Crippen LogP contribution in [0.3, 0.4) is 0 Å². The molecule has 0 radical (unpaired) electrons. The van der Waals surface area contributed by atoms with Crippen molar-refractivity contribution < 1.29 is 0 Å². The highest BCUT2D eigenvalue weighted by atomic mass is 15.2. The van der Waals surface area contributed by atoms with Crippen LogP contribution in [0.25, 0.3) is 0 Å². The van der Waals surface area contributed by atoms with E-state index in [1.807, 2.05) is 0 Å². The van der Waals surface area contributed by atoms with Gasteiger partial charge >= 0.3 is 0 Å². The maximum atomic E-state index is 6.56. The molecule has 2 atom stereocenters. The van der Waals surface area contributed by atoms with Gasteiger partial charge < -0.3 is 5.73 Å². The number of likely N-dealkylation sites (tertiary alicyclic amines) is 1. The van der Waals surface area contributed by atoms with E-state index in [0.29, 0.717) is 22.9 Å². The summed E-state index contributed by atoms with van der Waals surface area (Å²) in [6, 6.07) is 0.982. The van der Waals surface area contributed by atoms with Crippen LogP contribution in [0, 0.1) is 10.8 Å². The molecule has 106 valence electrons. The third kappa shape index (κ3) is 3.08. The summed E-state index contributed by atoms with van der Waals surface area (Å²) in [5.74, 6) is 0. The van der Waals surface area contributed by atoms with Crippen LogP contribution in [-0.2, 0) is 0 Å². The lowest BCUT2D eigenvalue weighted by Gasteiger charge is -2.46. The van der Waals surface area contributed by atoms with Crippen molar-refractivity contribution >= 4 is 0 Å². The molecule has 1 saturated carbocycles. The van der Waals surface area contributed by atoms with Crippen LogP contribution in [-0.4, -0.2) is 30.1 Å². The molecule has 0 aromatic carbocycles. The Labute approximate surface area is 113 Å². The summed E-state index contributed by atoms with van der Waals surface area (Å²) >= 11 is 0. The number of nitrogens with zero attached hydrogens (tertiary/aromatic N) is 1. The first-order chi connectivity index (χ1) is 8.32. The minimum Gasteiger partial charge on any atom is -0.326 e. The van der Waals surface area contributed by atoms with E-state index in [-0.39, 0.29) is 0 Å². The van der Waals surface area contributed by atoms with Gasteiger partial charge in [-0.05, 0) is 56.0 Å². The molecule has 1 heterocycles. The van der Waals surface area contributed by atoms with Crippen molar-refractivity contribution in [2.24, 2.45) is 16.6 Å². The molecule has 1 aliphatic heterocycles. The van der Waals surface area contributed by atoms with Gasteiger partial charge in [-0.25, -0.2) is 0 Å². The Morgan fingerprint density at radius 2 is 1.67 bits per heavy atom. The average Bonchev–Trinajstić information content (AvgIpc) is 2.44. The van der Waals surface area contributed by atoms with Crippen LogP contribution in [0.1, 0.15) is 66.2 Å². The van der Waals surface area contributed by atoms with Gasteiger partial charge in [0.05, 0.1) is 0 Å². The molecule has 18 heavy (non-hydrogen) atoms. The summed E-state index contributed by atoms with van der Waals surface area (Å²) in [7, 11) is 0. The summed E-state index contributed by atoms with van der Waals surface area (Å²) < 4.78 is 0. The molecule has 2 unspecified atom stereocenters. The predicted octanol–water partition coefficient (Wildman–Crippen LogP) is 3.40. The van der Waals surface area contributed by atoms with E-state index < -0.39 is 0 Å². The molecule has 0 bridgehead atoms. The first-order valence-corrected chi connectivity index (χ1v) is 7.81. The van der Waals surface area contributed by atoms with Crippen LogP contribution in [0.2, 0.25) is 0 Å². The van der Waals surface area contributed by atoms with Gasteiger partial charge in [-0.3, -0.25) is 4.90 Å². The topological polar surface area (TPSA) is 29.3 Å². The Hall–Kier alpha value is -0.0800. The number of hydrogen-bond donors (Lipinski definition) is 1. The van der Waals surface area contributed by atoms with Gasteiger partial charge in [0.2, 0.25) is 0 Å². The molecule has 2 rings (SSSR count). The largest absolute Gasteiger partial charge is 0.326 e. The monoisotopic (exact) mass is 252 g/mol. The highest BCUT2D eigenvalue weighted by Crippen LogP contribution is 2.38. The second kappa shape index (κ2) is 5.13. The molecule has 2 N–H and O–H groups in total. The molecule has 0 spiro atoms. The molecule has 2 nitrogen and oxygen atoms in total. The molecular weight excluding hydrogens is 220 g/mol. The Morgan fingerprint density at radius 3 is 2.39 bits per heavy atom. The third-order valence-corrected chi connectivity index (χ3v) is 5.48. The normalized spacial score (nSPS) is 37.2. The van der Waals surface area contributed by atoms with E-state index >= 15 is 0 Å². The molecule has 2 fully saturated rings. The Kier molecular flexibility index (Phi) is 4.08. The molecule has 1 saturated heterocycles. The van der Waals surface area contributed by atoms with Crippen molar-refractivity contribution in [3.63, 3.8) is 0 Å². The van der Waals surface area contributed by atoms with E-state index in [0.717, 1.165) is 0 Å². The van der Waals surface area contributed by atoms with E-state index in [1.54, 1.807) is 0 Å². The number of hydrogen-bond acceptors (Lipinski definition) is 2. The fourth-order valence-corrected chi connectivity index (χ4v) is 3.82. The summed E-state index contributed by atoms with van der Waals surface area (Å²) in [5, 5.41) is 0. The van der Waals surface area contributed by atoms with Crippen molar-refractivity contribution in [3.05, 3.63) is 0 Å². The van der Waals surface area contributed by atoms with Crippen molar-refractivity contribution in [2.75, 3.05) is 13.1 Å². The summed E-state index contributed by atoms with van der Waals surface area (Å²) in [6.07, 6.45) is 8.00. The first kappa shape index (κ1) is 14.3. The van der Waals surface area contributed by atoms with E-state index in [9.17, 15) is 0 Å². The average molecular weight is 252 g/mol. The third-order valence-electron chi connectivity index (χ3n) is 5.48. The van der Waals surface area contributed by atoms with Gasteiger partial charge in [0.1, 0.15) is 0 Å². The summed E-state index contributed by atoms with van der Waals surface area (Å²) in [6.45, 7) is 12.1. The fourth-order valence-electron chi connectivity index (χ4n) is 3.82. The maximum Gasteiger partial charge on any atom is 0.0252 e. The second-order valence-electron chi connectivity index (χ2n) is 8.03. The van der Waals surface area contributed by atoms with Crippen molar-refractivity contribution in [1.82, 2.24) is 4.90 Å². The minimum absolute atomic E-state index is 0.324. The van der Waals surface area contributed by atoms with Crippen LogP contribution < -0.4 is 5.73 Å². The summed E-state index contributed by atoms with van der Waals surface area (Å²) in [5.41, 5.74) is 7.42. The van der Waals surface area contributed by atoms with Gasteiger partial charge in [0, 0.05) is 12.1 Å². The molecule has 2 aliphatic rings. The molecular formula is C16H32N2. The van der Waals surface area contributed by atoms with Gasteiger partial charge in [-0.2, -0.15) is 0 Å². The predicted molar refractivity (Wildman–Crippen MR) is 78.6 cm³/mol. The second-order valence-corrected chi connectivity index (χ2v) is 8.03. The van der Waals surface area contributed by atoms with Crippen LogP contribution >= 0.6 is 0 Å². The highest BCUT2D eigenvalue weighted by Gasteiger charge is 2.39.